The van der Waals surface area contributed by atoms with Crippen molar-refractivity contribution in [3.8, 4) is 0 Å². The van der Waals surface area contributed by atoms with Crippen molar-refractivity contribution >= 4 is 23.4 Å². The van der Waals surface area contributed by atoms with E-state index in [1.165, 1.54) is 4.90 Å². The van der Waals surface area contributed by atoms with Crippen LogP contribution in [0.25, 0.3) is 0 Å². The normalized spacial score (nSPS) is 12.6. The molecule has 0 aliphatic rings. The Morgan fingerprint density at radius 1 is 1.39 bits per heavy atom. The lowest BCUT2D eigenvalue weighted by atomic mass is 10.3. The second-order valence-corrected chi connectivity index (χ2v) is 5.47. The molecule has 1 aromatic carbocycles. The summed E-state index contributed by atoms with van der Waals surface area (Å²) < 4.78 is 2.08. The van der Waals surface area contributed by atoms with Crippen molar-refractivity contribution in [1.82, 2.24) is 9.55 Å². The summed E-state index contributed by atoms with van der Waals surface area (Å²) >= 11 is 7.57. The van der Waals surface area contributed by atoms with E-state index in [9.17, 15) is 0 Å². The molecule has 0 saturated carbocycles. The topological polar surface area (TPSA) is 43.8 Å². The van der Waals surface area contributed by atoms with E-state index in [2.05, 4.69) is 16.5 Å². The lowest BCUT2D eigenvalue weighted by molar-refractivity contribution is 0.642. The van der Waals surface area contributed by atoms with Crippen LogP contribution in [0.15, 0.2) is 41.6 Å². The number of benzene rings is 1. The van der Waals surface area contributed by atoms with Crippen LogP contribution in [0.5, 0.6) is 0 Å². The molecule has 1 aromatic heterocycles. The van der Waals surface area contributed by atoms with Crippen molar-refractivity contribution in [2.24, 2.45) is 5.73 Å². The molecular formula is C13H16ClN3S. The Morgan fingerprint density at radius 3 is 2.78 bits per heavy atom. The molecule has 3 nitrogen and oxygen atoms in total. The maximum Gasteiger partial charge on any atom is 0.126 e. The second kappa shape index (κ2) is 6.27. The SMILES string of the molecule is CCn1ccnc1C(N)CSc1ccc(Cl)cc1. The van der Waals surface area contributed by atoms with Gasteiger partial charge in [0, 0.05) is 34.6 Å². The molecule has 0 bridgehead atoms. The van der Waals surface area contributed by atoms with Gasteiger partial charge >= 0.3 is 0 Å². The molecule has 0 aliphatic heterocycles. The van der Waals surface area contributed by atoms with E-state index in [4.69, 9.17) is 17.3 Å². The zero-order chi connectivity index (χ0) is 13.0. The average molecular weight is 282 g/mol. The number of halogens is 1. The number of rotatable bonds is 5. The number of nitrogens with zero attached hydrogens (tertiary/aromatic N) is 2. The summed E-state index contributed by atoms with van der Waals surface area (Å²) in [6.07, 6.45) is 3.76. The largest absolute Gasteiger partial charge is 0.334 e. The molecule has 0 spiro atoms. The molecule has 1 atom stereocenters. The molecule has 18 heavy (non-hydrogen) atoms. The van der Waals surface area contributed by atoms with Gasteiger partial charge in [0.1, 0.15) is 5.82 Å². The fraction of sp³-hybridized carbons (Fsp3) is 0.308. The van der Waals surface area contributed by atoms with Crippen LogP contribution in [0.1, 0.15) is 18.8 Å². The third-order valence-electron chi connectivity index (χ3n) is 2.66. The van der Waals surface area contributed by atoms with Crippen molar-refractivity contribution in [3.63, 3.8) is 0 Å². The van der Waals surface area contributed by atoms with Crippen LogP contribution in [0.4, 0.5) is 0 Å². The van der Waals surface area contributed by atoms with Crippen LogP contribution in [-0.4, -0.2) is 15.3 Å². The van der Waals surface area contributed by atoms with Crippen molar-refractivity contribution in [3.05, 3.63) is 47.5 Å². The van der Waals surface area contributed by atoms with E-state index in [0.717, 1.165) is 23.1 Å². The Hall–Kier alpha value is -0.970. The Kier molecular flexibility index (Phi) is 4.69. The molecule has 2 aromatic rings. The fourth-order valence-electron chi connectivity index (χ4n) is 1.71. The van der Waals surface area contributed by atoms with Crippen LogP contribution >= 0.6 is 23.4 Å². The molecular weight excluding hydrogens is 266 g/mol. The third kappa shape index (κ3) is 3.28. The van der Waals surface area contributed by atoms with Gasteiger partial charge in [-0.2, -0.15) is 0 Å². The van der Waals surface area contributed by atoms with Gasteiger partial charge < -0.3 is 10.3 Å². The van der Waals surface area contributed by atoms with Crippen LogP contribution in [0, 0.1) is 0 Å². The van der Waals surface area contributed by atoms with E-state index in [1.54, 1.807) is 18.0 Å². The molecule has 1 heterocycles. The number of hydrogen-bond donors (Lipinski definition) is 1. The first-order chi connectivity index (χ1) is 8.70. The number of aryl methyl sites for hydroxylation is 1. The molecule has 0 amide bonds. The number of aromatic nitrogens is 2. The lowest BCUT2D eigenvalue weighted by Crippen LogP contribution is -2.18. The summed E-state index contributed by atoms with van der Waals surface area (Å²) in [5, 5.41) is 0.755. The predicted octanol–water partition coefficient (Wildman–Crippen LogP) is 3.35. The zero-order valence-electron chi connectivity index (χ0n) is 10.2. The maximum atomic E-state index is 6.16. The van der Waals surface area contributed by atoms with Crippen molar-refractivity contribution < 1.29 is 0 Å². The van der Waals surface area contributed by atoms with Crippen molar-refractivity contribution in [1.29, 1.82) is 0 Å². The minimum atomic E-state index is -0.0550. The molecule has 0 saturated heterocycles. The molecule has 0 fully saturated rings. The summed E-state index contributed by atoms with van der Waals surface area (Å²) in [6, 6.07) is 7.74. The second-order valence-electron chi connectivity index (χ2n) is 3.94. The highest BCUT2D eigenvalue weighted by molar-refractivity contribution is 7.99. The average Bonchev–Trinajstić information content (AvgIpc) is 2.86. The van der Waals surface area contributed by atoms with Crippen LogP contribution in [-0.2, 0) is 6.54 Å². The first kappa shape index (κ1) is 13.5. The van der Waals surface area contributed by atoms with Crippen LogP contribution in [0.3, 0.4) is 0 Å². The lowest BCUT2D eigenvalue weighted by Gasteiger charge is -2.12. The summed E-state index contributed by atoms with van der Waals surface area (Å²) in [4.78, 5) is 5.49. The van der Waals surface area contributed by atoms with Gasteiger partial charge in [0.2, 0.25) is 0 Å². The van der Waals surface area contributed by atoms with Gasteiger partial charge in [-0.05, 0) is 31.2 Å². The van der Waals surface area contributed by atoms with E-state index in [0.29, 0.717) is 0 Å². The first-order valence-corrected chi connectivity index (χ1v) is 7.22. The Balaban J connectivity index is 1.96. The maximum absolute atomic E-state index is 6.16. The number of nitrogens with two attached hydrogens (primary N) is 1. The Morgan fingerprint density at radius 2 is 2.11 bits per heavy atom. The standard InChI is InChI=1S/C13H16ClN3S/c1-2-17-8-7-16-13(17)12(15)9-18-11-5-3-10(14)4-6-11/h3-8,12H,2,9,15H2,1H3. The molecule has 1 unspecified atom stereocenters. The highest BCUT2D eigenvalue weighted by Gasteiger charge is 2.12. The molecule has 5 heteroatoms. The number of hydrogen-bond acceptors (Lipinski definition) is 3. The molecule has 2 rings (SSSR count). The highest BCUT2D eigenvalue weighted by Crippen LogP contribution is 2.24. The fourth-order valence-corrected chi connectivity index (χ4v) is 2.68. The first-order valence-electron chi connectivity index (χ1n) is 5.85. The van der Waals surface area contributed by atoms with Gasteiger partial charge in [0.05, 0.1) is 6.04 Å². The quantitative estimate of drug-likeness (QED) is 0.855. The van der Waals surface area contributed by atoms with Crippen molar-refractivity contribution in [2.75, 3.05) is 5.75 Å². The van der Waals surface area contributed by atoms with E-state index < -0.39 is 0 Å². The molecule has 0 aliphatic carbocycles. The third-order valence-corrected chi connectivity index (χ3v) is 4.05. The van der Waals surface area contributed by atoms with Gasteiger partial charge in [0.15, 0.2) is 0 Å². The molecule has 2 N–H and O–H groups in total. The Labute approximate surface area is 116 Å². The minimum absolute atomic E-state index is 0.0550. The van der Waals surface area contributed by atoms with E-state index >= 15 is 0 Å². The minimum Gasteiger partial charge on any atom is -0.334 e. The Bertz CT molecular complexity index is 495. The van der Waals surface area contributed by atoms with Crippen molar-refractivity contribution in [2.45, 2.75) is 24.4 Å². The smallest absolute Gasteiger partial charge is 0.126 e. The molecule has 96 valence electrons. The number of imidazole rings is 1. The van der Waals surface area contributed by atoms with Gasteiger partial charge in [0.25, 0.3) is 0 Å². The van der Waals surface area contributed by atoms with E-state index in [1.807, 2.05) is 30.5 Å². The summed E-state index contributed by atoms with van der Waals surface area (Å²) in [5.74, 6) is 1.75. The van der Waals surface area contributed by atoms with Gasteiger partial charge in [-0.25, -0.2) is 4.98 Å². The predicted molar refractivity (Wildman–Crippen MR) is 77.0 cm³/mol. The van der Waals surface area contributed by atoms with Crippen LogP contribution in [0.2, 0.25) is 5.02 Å². The van der Waals surface area contributed by atoms with Gasteiger partial charge in [-0.15, -0.1) is 11.8 Å². The summed E-state index contributed by atoms with van der Waals surface area (Å²) in [7, 11) is 0. The summed E-state index contributed by atoms with van der Waals surface area (Å²) in [5.41, 5.74) is 6.16. The number of thioether (sulfide) groups is 1. The monoisotopic (exact) mass is 281 g/mol. The molecule has 0 radical (unpaired) electrons. The van der Waals surface area contributed by atoms with Crippen LogP contribution < -0.4 is 5.73 Å². The van der Waals surface area contributed by atoms with Gasteiger partial charge in [-0.3, -0.25) is 0 Å². The van der Waals surface area contributed by atoms with Gasteiger partial charge in [-0.1, -0.05) is 11.6 Å². The highest BCUT2D eigenvalue weighted by atomic mass is 35.5. The zero-order valence-corrected chi connectivity index (χ0v) is 11.8. The summed E-state index contributed by atoms with van der Waals surface area (Å²) in [6.45, 7) is 2.99. The van der Waals surface area contributed by atoms with E-state index in [-0.39, 0.29) is 6.04 Å².